The van der Waals surface area contributed by atoms with Crippen LogP contribution in [0.3, 0.4) is 0 Å². The number of guanidine groups is 1. The third kappa shape index (κ3) is 3.46. The van der Waals surface area contributed by atoms with Crippen LogP contribution in [0.5, 0.6) is 0 Å². The zero-order valence-corrected chi connectivity index (χ0v) is 17.3. The summed E-state index contributed by atoms with van der Waals surface area (Å²) >= 11 is -0.926. The molecule has 2 aliphatic rings. The molecular formula is C19H19N4O3S2-. The van der Waals surface area contributed by atoms with Crippen LogP contribution >= 0.6 is 11.3 Å². The van der Waals surface area contributed by atoms with Crippen LogP contribution in [0.2, 0.25) is 0 Å². The highest BCUT2D eigenvalue weighted by molar-refractivity contribution is 7.79. The molecule has 1 aromatic heterocycles. The maximum Gasteiger partial charge on any atom is 0.263 e. The van der Waals surface area contributed by atoms with Gasteiger partial charge in [-0.05, 0) is 36.2 Å². The van der Waals surface area contributed by atoms with Crippen LogP contribution in [0.25, 0.3) is 0 Å². The fraction of sp³-hybridized carbons (Fsp3) is 0.316. The van der Waals surface area contributed by atoms with Crippen molar-refractivity contribution in [2.75, 3.05) is 11.4 Å². The first-order valence-corrected chi connectivity index (χ1v) is 10.6. The molecule has 0 fully saturated rings. The summed E-state index contributed by atoms with van der Waals surface area (Å²) in [5.41, 5.74) is 0.883. The molecule has 146 valence electrons. The number of hydrogen-bond acceptors (Lipinski definition) is 7. The molecule has 2 aliphatic heterocycles. The predicted octanol–water partition coefficient (Wildman–Crippen LogP) is 2.55. The van der Waals surface area contributed by atoms with E-state index in [2.05, 4.69) is 15.9 Å². The topological polar surface area (TPSA) is 88.9 Å². The summed E-state index contributed by atoms with van der Waals surface area (Å²) in [7, 11) is 0. The fourth-order valence-electron chi connectivity index (χ4n) is 3.10. The lowest BCUT2D eigenvalue weighted by Crippen LogP contribution is -2.52. The Balaban J connectivity index is 0.00000109. The van der Waals surface area contributed by atoms with Crippen LogP contribution < -0.4 is 4.90 Å². The second kappa shape index (κ2) is 8.22. The first kappa shape index (κ1) is 20.2. The Kier molecular flexibility index (Phi) is 5.93. The second-order valence-corrected chi connectivity index (χ2v) is 8.10. The van der Waals surface area contributed by atoms with Gasteiger partial charge in [0.1, 0.15) is 6.04 Å². The van der Waals surface area contributed by atoms with E-state index in [4.69, 9.17) is 6.42 Å². The number of aliphatic imine (C=N–C) groups is 1. The second-order valence-electron chi connectivity index (χ2n) is 5.84. The first-order valence-electron chi connectivity index (χ1n) is 8.76. The summed E-state index contributed by atoms with van der Waals surface area (Å²) in [6.45, 7) is 6.58. The Labute approximate surface area is 170 Å². The Morgan fingerprint density at radius 1 is 1.43 bits per heavy atom. The number of fused-ring (bicyclic) bond motifs is 3. The minimum atomic E-state index is -2.42. The molecule has 0 radical (unpaired) electrons. The zero-order chi connectivity index (χ0) is 20.4. The first-order chi connectivity index (χ1) is 13.5. The van der Waals surface area contributed by atoms with Crippen molar-refractivity contribution in [1.29, 1.82) is 0 Å². The summed E-state index contributed by atoms with van der Waals surface area (Å²) in [6, 6.07) is 4.14. The van der Waals surface area contributed by atoms with E-state index in [-0.39, 0.29) is 16.8 Å². The van der Waals surface area contributed by atoms with Crippen molar-refractivity contribution in [2.45, 2.75) is 38.3 Å². The number of hydrogen-bond donors (Lipinski definition) is 0. The van der Waals surface area contributed by atoms with Crippen molar-refractivity contribution in [3.05, 3.63) is 39.8 Å². The number of aryl methyl sites for hydroxylation is 1. The molecule has 28 heavy (non-hydrogen) atoms. The van der Waals surface area contributed by atoms with Gasteiger partial charge in [-0.25, -0.2) is 9.98 Å². The van der Waals surface area contributed by atoms with Crippen molar-refractivity contribution in [2.24, 2.45) is 4.99 Å². The predicted molar refractivity (Wildman–Crippen MR) is 109 cm³/mol. The average Bonchev–Trinajstić information content (AvgIpc) is 3.32. The third-order valence-electron chi connectivity index (χ3n) is 4.25. The molecule has 7 nitrogen and oxygen atoms in total. The molecule has 2 atom stereocenters. The van der Waals surface area contributed by atoms with E-state index in [0.717, 1.165) is 9.88 Å². The Morgan fingerprint density at radius 3 is 2.79 bits per heavy atom. The number of thiazole rings is 1. The lowest BCUT2D eigenvalue weighted by molar-refractivity contribution is 0.0834. The maximum atomic E-state index is 13.1. The lowest BCUT2D eigenvalue weighted by Gasteiger charge is -2.37. The molecule has 4 rings (SSSR count). The average molecular weight is 416 g/mol. The number of aromatic nitrogens is 1. The van der Waals surface area contributed by atoms with Crippen LogP contribution in [-0.2, 0) is 17.6 Å². The van der Waals surface area contributed by atoms with Gasteiger partial charge < -0.3 is 4.55 Å². The monoisotopic (exact) mass is 415 g/mol. The molecule has 1 amide bonds. The van der Waals surface area contributed by atoms with Crippen LogP contribution in [0.15, 0.2) is 34.3 Å². The third-order valence-corrected chi connectivity index (χ3v) is 5.78. The number of nitrogens with zero attached hydrogens (tertiary/aromatic N) is 4. The summed E-state index contributed by atoms with van der Waals surface area (Å²) in [4.78, 5) is 26.1. The number of carbonyl (C=O) groups excluding carboxylic acids is 1. The fourth-order valence-corrected chi connectivity index (χ4v) is 4.27. The van der Waals surface area contributed by atoms with Gasteiger partial charge >= 0.3 is 0 Å². The molecule has 9 heteroatoms. The standard InChI is InChI=1S/C17H14N4O3S2.C2H6/c1-3-11-7-19-17-20(9-12-8-18-10(2)25-12)16(22)14-6-13(26(23)24)4-5-15(14)21(11)17;1-2/h1,4-6,8,11H,7,9H2,2H3,(H,23,24);1-2H3/p-1/t11-;/m1./s1. The van der Waals surface area contributed by atoms with E-state index in [1.54, 1.807) is 12.3 Å². The molecular weight excluding hydrogens is 396 g/mol. The quantitative estimate of drug-likeness (QED) is 0.568. The van der Waals surface area contributed by atoms with Gasteiger partial charge in [-0.15, -0.1) is 17.8 Å². The van der Waals surface area contributed by atoms with E-state index in [1.807, 2.05) is 25.7 Å². The summed E-state index contributed by atoms with van der Waals surface area (Å²) in [5.74, 6) is 2.88. The van der Waals surface area contributed by atoms with E-state index < -0.39 is 11.1 Å². The lowest BCUT2D eigenvalue weighted by atomic mass is 10.1. The number of benzene rings is 1. The molecule has 1 unspecified atom stereocenters. The number of amides is 1. The maximum absolute atomic E-state index is 13.1. The minimum absolute atomic E-state index is 0.0579. The van der Waals surface area contributed by atoms with Crippen LogP contribution in [0, 0.1) is 19.3 Å². The SMILES string of the molecule is C#C[C@@H]1CN=C2N(Cc3cnc(C)s3)C(=O)c3cc(S(=O)[O-])ccc3N21.CC. The number of rotatable bonds is 3. The van der Waals surface area contributed by atoms with Crippen LogP contribution in [-0.4, -0.2) is 43.1 Å². The van der Waals surface area contributed by atoms with Gasteiger partial charge in [0.2, 0.25) is 5.96 Å². The molecule has 0 N–H and O–H groups in total. The molecule has 0 spiro atoms. The molecule has 0 bridgehead atoms. The van der Waals surface area contributed by atoms with Crippen molar-refractivity contribution in [3.63, 3.8) is 0 Å². The highest BCUT2D eigenvalue weighted by Gasteiger charge is 2.41. The van der Waals surface area contributed by atoms with E-state index in [1.165, 1.54) is 28.4 Å². The Morgan fingerprint density at radius 2 is 2.18 bits per heavy atom. The highest BCUT2D eigenvalue weighted by Crippen LogP contribution is 2.35. The smallest absolute Gasteiger partial charge is 0.263 e. The Hall–Kier alpha value is -2.54. The van der Waals surface area contributed by atoms with Gasteiger partial charge in [-0.2, -0.15) is 0 Å². The van der Waals surface area contributed by atoms with Crippen LogP contribution in [0.1, 0.15) is 34.1 Å². The molecule has 0 saturated heterocycles. The molecule has 3 heterocycles. The molecule has 1 aromatic carbocycles. The van der Waals surface area contributed by atoms with Gasteiger partial charge in [-0.3, -0.25) is 18.8 Å². The van der Waals surface area contributed by atoms with E-state index in [9.17, 15) is 13.6 Å². The number of terminal acetylenes is 1. The summed E-state index contributed by atoms with van der Waals surface area (Å²) in [6.07, 6.45) is 7.36. The zero-order valence-electron chi connectivity index (χ0n) is 15.7. The van der Waals surface area contributed by atoms with Crippen molar-refractivity contribution < 1.29 is 13.6 Å². The van der Waals surface area contributed by atoms with Gasteiger partial charge in [-0.1, -0.05) is 19.8 Å². The molecule has 0 saturated carbocycles. The Bertz CT molecular complexity index is 1010. The van der Waals surface area contributed by atoms with E-state index >= 15 is 0 Å². The van der Waals surface area contributed by atoms with Gasteiger partial charge in [0.05, 0.1) is 29.3 Å². The summed E-state index contributed by atoms with van der Waals surface area (Å²) in [5, 5.41) is 0.903. The van der Waals surface area contributed by atoms with Gasteiger partial charge in [0.25, 0.3) is 5.91 Å². The largest absolute Gasteiger partial charge is 0.768 e. The number of carbonyl (C=O) groups is 1. The van der Waals surface area contributed by atoms with Crippen molar-refractivity contribution in [3.8, 4) is 12.3 Å². The summed E-state index contributed by atoms with van der Waals surface area (Å²) < 4.78 is 22.6. The van der Waals surface area contributed by atoms with Crippen molar-refractivity contribution in [1.82, 2.24) is 9.88 Å². The van der Waals surface area contributed by atoms with E-state index in [0.29, 0.717) is 30.3 Å². The van der Waals surface area contributed by atoms with Crippen molar-refractivity contribution >= 4 is 40.0 Å². The normalized spacial score (nSPS) is 18.5. The van der Waals surface area contributed by atoms with Crippen LogP contribution in [0.4, 0.5) is 5.69 Å². The van der Waals surface area contributed by atoms with Gasteiger partial charge in [0, 0.05) is 16.0 Å². The minimum Gasteiger partial charge on any atom is -0.768 e. The highest BCUT2D eigenvalue weighted by atomic mass is 32.2. The number of anilines is 1. The molecule has 2 aromatic rings. The van der Waals surface area contributed by atoms with Gasteiger partial charge in [0.15, 0.2) is 0 Å². The molecule has 0 aliphatic carbocycles.